The number of ether oxygens (including phenoxy) is 5. The second kappa shape index (κ2) is 6.73. The number of esters is 3. The van der Waals surface area contributed by atoms with Crippen molar-refractivity contribution < 1.29 is 58.2 Å². The Hall–Kier alpha value is -2.38. The van der Waals surface area contributed by atoms with Gasteiger partial charge in [0, 0.05) is 25.2 Å². The van der Waals surface area contributed by atoms with Crippen LogP contribution in [-0.4, -0.2) is 93.6 Å². The number of hydrogen-bond acceptors (Lipinski definition) is 12. The molecular weight excluding hydrogens is 480 g/mol. The highest BCUT2D eigenvalue weighted by molar-refractivity contribution is 5.96. The van der Waals surface area contributed by atoms with E-state index in [1.807, 2.05) is 0 Å². The van der Waals surface area contributed by atoms with E-state index in [2.05, 4.69) is 0 Å². The molecule has 3 heterocycles. The summed E-state index contributed by atoms with van der Waals surface area (Å²) in [7, 11) is 0. The van der Waals surface area contributed by atoms with Crippen LogP contribution in [0.25, 0.3) is 0 Å². The minimum atomic E-state index is -2.40. The quantitative estimate of drug-likeness (QED) is 0.224. The number of allylic oxidation sites excluding steroid dienone is 1. The van der Waals surface area contributed by atoms with Crippen molar-refractivity contribution in [3.63, 3.8) is 0 Å². The van der Waals surface area contributed by atoms with Gasteiger partial charge in [0.15, 0.2) is 23.1 Å². The van der Waals surface area contributed by atoms with Gasteiger partial charge in [-0.25, -0.2) is 4.79 Å². The van der Waals surface area contributed by atoms with Crippen molar-refractivity contribution in [2.24, 2.45) is 22.7 Å². The number of carbonyl (C=O) groups is 4. The van der Waals surface area contributed by atoms with E-state index in [1.165, 1.54) is 6.08 Å². The smallest absolute Gasteiger partial charge is 0.350 e. The second-order valence-corrected chi connectivity index (χ2v) is 11.2. The number of ketones is 1. The summed E-state index contributed by atoms with van der Waals surface area (Å²) in [5.74, 6) is -7.55. The van der Waals surface area contributed by atoms with E-state index in [0.717, 1.165) is 13.8 Å². The molecule has 11 atom stereocenters. The molecule has 3 N–H and O–H groups in total. The summed E-state index contributed by atoms with van der Waals surface area (Å²) in [6.45, 7) is 4.80. The van der Waals surface area contributed by atoms with E-state index in [1.54, 1.807) is 13.8 Å². The Labute approximate surface area is 205 Å². The minimum Gasteiger partial charge on any atom is -0.459 e. The minimum absolute atomic E-state index is 0.0915. The third-order valence-electron chi connectivity index (χ3n) is 9.68. The Morgan fingerprint density at radius 2 is 1.72 bits per heavy atom. The lowest BCUT2D eigenvalue weighted by molar-refractivity contribution is -0.379. The molecule has 3 aliphatic heterocycles. The van der Waals surface area contributed by atoms with E-state index < -0.39 is 94.4 Å². The molecule has 0 aromatic carbocycles. The SMILES string of the molecule is CC(=O)O[C@H]1C(=O)O[C@@H]2C[C@@H]3C(C)=CC(=O)[C@@H](O)[C@]3(C)[C@@H]3[C@@]4(O)OC[C@@]23[C@]1(O)[C@]1(CO1)[C@H]4OC(C)=O. The Morgan fingerprint density at radius 3 is 2.31 bits per heavy atom. The molecule has 196 valence electrons. The zero-order valence-corrected chi connectivity index (χ0v) is 20.2. The average molecular weight is 508 g/mol. The topological polar surface area (TPSA) is 178 Å². The van der Waals surface area contributed by atoms with Gasteiger partial charge in [-0.1, -0.05) is 12.5 Å². The maximum Gasteiger partial charge on any atom is 0.350 e. The number of fused-ring (bicyclic) bond motifs is 2. The molecule has 6 rings (SSSR count). The molecule has 6 aliphatic rings. The molecule has 12 heteroatoms. The molecule has 2 bridgehead atoms. The van der Waals surface area contributed by atoms with Crippen LogP contribution < -0.4 is 0 Å². The van der Waals surface area contributed by atoms with Crippen molar-refractivity contribution in [3.05, 3.63) is 11.6 Å². The van der Waals surface area contributed by atoms with Gasteiger partial charge in [-0.15, -0.1) is 0 Å². The fourth-order valence-corrected chi connectivity index (χ4v) is 8.48. The Bertz CT molecular complexity index is 1140. The first-order chi connectivity index (χ1) is 16.7. The van der Waals surface area contributed by atoms with Crippen molar-refractivity contribution in [2.45, 2.75) is 75.5 Å². The molecule has 3 aliphatic carbocycles. The lowest BCUT2D eigenvalue weighted by Crippen LogP contribution is -2.88. The molecule has 3 saturated heterocycles. The van der Waals surface area contributed by atoms with Crippen LogP contribution in [0.3, 0.4) is 0 Å². The zero-order valence-electron chi connectivity index (χ0n) is 20.2. The summed E-state index contributed by atoms with van der Waals surface area (Å²) in [6.07, 6.45) is -4.87. The van der Waals surface area contributed by atoms with Gasteiger partial charge in [-0.3, -0.25) is 14.4 Å². The molecule has 0 aromatic rings. The van der Waals surface area contributed by atoms with Gasteiger partial charge in [0.2, 0.25) is 11.9 Å². The van der Waals surface area contributed by atoms with Crippen LogP contribution in [0.2, 0.25) is 0 Å². The molecule has 0 unspecified atom stereocenters. The number of carbonyl (C=O) groups excluding carboxylic acids is 4. The van der Waals surface area contributed by atoms with E-state index >= 15 is 0 Å². The Balaban J connectivity index is 1.68. The molecule has 2 spiro atoms. The maximum absolute atomic E-state index is 13.3. The molecule has 0 aromatic heterocycles. The summed E-state index contributed by atoms with van der Waals surface area (Å²) in [4.78, 5) is 50.5. The number of rotatable bonds is 2. The molecule has 36 heavy (non-hydrogen) atoms. The summed E-state index contributed by atoms with van der Waals surface area (Å²) in [5, 5.41) is 36.2. The van der Waals surface area contributed by atoms with Crippen LogP contribution in [-0.2, 0) is 42.9 Å². The standard InChI is InChI=1S/C24H28O12/c1-9-5-13(27)15(28)20(4)12(9)6-14-21-7-33-23(30,18(20)21)19(35-11(3)26)22(8-32-22)24(21,31)16(17(29)36-14)34-10(2)25/h5,12,14-16,18-19,28,30-31H,6-8H2,1-4H3/t12-,14-,15-,16+,18+,19-,20-,21-,22+,23-,24+/m1/s1. The summed E-state index contributed by atoms with van der Waals surface area (Å²) in [6, 6.07) is 0. The third-order valence-corrected chi connectivity index (χ3v) is 9.68. The lowest BCUT2D eigenvalue weighted by atomic mass is 9.36. The van der Waals surface area contributed by atoms with E-state index in [4.69, 9.17) is 23.7 Å². The van der Waals surface area contributed by atoms with Crippen LogP contribution in [0, 0.1) is 22.7 Å². The Morgan fingerprint density at radius 1 is 1.08 bits per heavy atom. The van der Waals surface area contributed by atoms with Crippen molar-refractivity contribution in [2.75, 3.05) is 13.2 Å². The largest absolute Gasteiger partial charge is 0.459 e. The van der Waals surface area contributed by atoms with Crippen molar-refractivity contribution in [1.82, 2.24) is 0 Å². The highest BCUT2D eigenvalue weighted by Gasteiger charge is 2.96. The third kappa shape index (κ3) is 2.30. The number of aliphatic hydroxyl groups is 3. The summed E-state index contributed by atoms with van der Waals surface area (Å²) < 4.78 is 28.3. The molecule has 5 fully saturated rings. The number of aliphatic hydroxyl groups excluding tert-OH is 1. The summed E-state index contributed by atoms with van der Waals surface area (Å²) >= 11 is 0. The van der Waals surface area contributed by atoms with Gasteiger partial charge in [0.05, 0.1) is 18.6 Å². The van der Waals surface area contributed by atoms with E-state index in [0.29, 0.717) is 5.57 Å². The van der Waals surface area contributed by atoms with Crippen molar-refractivity contribution in [3.8, 4) is 0 Å². The molecule has 0 amide bonds. The van der Waals surface area contributed by atoms with Gasteiger partial charge in [0.25, 0.3) is 0 Å². The van der Waals surface area contributed by atoms with Gasteiger partial charge in [-0.2, -0.15) is 0 Å². The van der Waals surface area contributed by atoms with Crippen LogP contribution in [0.15, 0.2) is 11.6 Å². The normalized spacial score (nSPS) is 54.1. The number of epoxide rings is 1. The van der Waals surface area contributed by atoms with E-state index in [9.17, 15) is 34.5 Å². The Kier molecular flexibility index (Phi) is 4.48. The first-order valence-corrected chi connectivity index (χ1v) is 11.9. The van der Waals surface area contributed by atoms with Gasteiger partial charge in [0.1, 0.15) is 12.2 Å². The molecule has 0 radical (unpaired) electrons. The lowest BCUT2D eigenvalue weighted by Gasteiger charge is -2.70. The second-order valence-electron chi connectivity index (χ2n) is 11.2. The van der Waals surface area contributed by atoms with Crippen LogP contribution in [0.4, 0.5) is 0 Å². The molecular formula is C24H28O12. The first-order valence-electron chi connectivity index (χ1n) is 11.9. The van der Waals surface area contributed by atoms with Crippen molar-refractivity contribution >= 4 is 23.7 Å². The highest BCUT2D eigenvalue weighted by atomic mass is 16.7. The summed E-state index contributed by atoms with van der Waals surface area (Å²) in [5.41, 5.74) is -6.82. The fraction of sp³-hybridized carbons (Fsp3) is 0.750. The zero-order chi connectivity index (χ0) is 26.2. The van der Waals surface area contributed by atoms with Crippen LogP contribution in [0.5, 0.6) is 0 Å². The van der Waals surface area contributed by atoms with E-state index in [-0.39, 0.29) is 13.0 Å². The monoisotopic (exact) mass is 508 g/mol. The highest BCUT2D eigenvalue weighted by Crippen LogP contribution is 2.78. The van der Waals surface area contributed by atoms with Gasteiger partial charge >= 0.3 is 17.9 Å². The first kappa shape index (κ1) is 24.0. The maximum atomic E-state index is 13.3. The van der Waals surface area contributed by atoms with Gasteiger partial charge < -0.3 is 39.0 Å². The fourth-order valence-electron chi connectivity index (χ4n) is 8.48. The van der Waals surface area contributed by atoms with Crippen LogP contribution in [0.1, 0.15) is 34.1 Å². The predicted octanol–water partition coefficient (Wildman–Crippen LogP) is -1.47. The average Bonchev–Trinajstić information content (AvgIpc) is 3.52. The van der Waals surface area contributed by atoms with Gasteiger partial charge in [-0.05, 0) is 25.3 Å². The van der Waals surface area contributed by atoms with Crippen molar-refractivity contribution in [1.29, 1.82) is 0 Å². The number of hydrogen-bond donors (Lipinski definition) is 3. The molecule has 12 nitrogen and oxygen atoms in total. The predicted molar refractivity (Wildman–Crippen MR) is 112 cm³/mol. The van der Waals surface area contributed by atoms with Crippen LogP contribution >= 0.6 is 0 Å². The molecule has 2 saturated carbocycles.